The molecule has 0 aliphatic carbocycles. The van der Waals surface area contributed by atoms with Crippen LogP contribution in [-0.4, -0.2) is 0 Å². The van der Waals surface area contributed by atoms with Crippen molar-refractivity contribution in [2.24, 2.45) is 0 Å². The number of halogens is 1. The molecule has 0 atom stereocenters. The normalized spacial score (nSPS) is 12.9. The smallest absolute Gasteiger partial charge is 0.0202 e. The van der Waals surface area contributed by atoms with Gasteiger partial charge in [-0.2, -0.15) is 0 Å². The molecule has 1 aliphatic heterocycles. The Balaban J connectivity index is 2.32. The highest BCUT2D eigenvalue weighted by Gasteiger charge is 2.21. The Labute approximate surface area is 120 Å². The summed E-state index contributed by atoms with van der Waals surface area (Å²) in [6.07, 6.45) is 0. The molecule has 0 radical (unpaired) electrons. The molecule has 2 heteroatoms. The second-order valence-corrected chi connectivity index (χ2v) is 6.61. The standard InChI is InChI=1S/C16H13BrS/c1-10(2)16-12-5-3-4-6-14(12)18-15-8-7-11(17)9-13(15)16/h3-9H,1-2H3. The molecule has 0 N–H and O–H groups in total. The summed E-state index contributed by atoms with van der Waals surface area (Å²) in [4.78, 5) is 2.69. The number of allylic oxidation sites excluding steroid dienone is 1. The fraction of sp³-hybridized carbons (Fsp3) is 0.125. The first kappa shape index (κ1) is 12.1. The summed E-state index contributed by atoms with van der Waals surface area (Å²) in [7, 11) is 0. The van der Waals surface area contributed by atoms with Crippen LogP contribution < -0.4 is 0 Å². The van der Waals surface area contributed by atoms with Gasteiger partial charge in [-0.3, -0.25) is 0 Å². The van der Waals surface area contributed by atoms with Gasteiger partial charge in [0, 0.05) is 14.3 Å². The third kappa shape index (κ3) is 1.94. The van der Waals surface area contributed by atoms with E-state index < -0.39 is 0 Å². The van der Waals surface area contributed by atoms with Gasteiger partial charge in [-0.05, 0) is 54.8 Å². The highest BCUT2D eigenvalue weighted by molar-refractivity contribution is 9.10. The van der Waals surface area contributed by atoms with Crippen LogP contribution in [0.25, 0.3) is 5.57 Å². The maximum absolute atomic E-state index is 3.58. The van der Waals surface area contributed by atoms with Gasteiger partial charge in [0.25, 0.3) is 0 Å². The van der Waals surface area contributed by atoms with E-state index in [1.165, 1.54) is 32.1 Å². The molecule has 2 aromatic carbocycles. The second-order valence-electron chi connectivity index (χ2n) is 4.61. The summed E-state index contributed by atoms with van der Waals surface area (Å²) in [5.41, 5.74) is 5.43. The largest absolute Gasteiger partial charge is 0.0888 e. The number of hydrogen-bond acceptors (Lipinski definition) is 1. The molecule has 1 aliphatic rings. The van der Waals surface area contributed by atoms with Crippen LogP contribution in [0.3, 0.4) is 0 Å². The van der Waals surface area contributed by atoms with Crippen molar-refractivity contribution in [2.45, 2.75) is 23.6 Å². The monoisotopic (exact) mass is 316 g/mol. The molecule has 0 unspecified atom stereocenters. The molecule has 3 rings (SSSR count). The SMILES string of the molecule is CC(C)=C1c2ccccc2Sc2ccc(Br)cc21. The number of benzene rings is 2. The average molecular weight is 317 g/mol. The summed E-state index contributed by atoms with van der Waals surface area (Å²) in [5, 5.41) is 0. The van der Waals surface area contributed by atoms with E-state index in [9.17, 15) is 0 Å². The van der Waals surface area contributed by atoms with E-state index in [-0.39, 0.29) is 0 Å². The van der Waals surface area contributed by atoms with Gasteiger partial charge in [-0.25, -0.2) is 0 Å². The summed E-state index contributed by atoms with van der Waals surface area (Å²) < 4.78 is 1.14. The lowest BCUT2D eigenvalue weighted by molar-refractivity contribution is 1.25. The Morgan fingerprint density at radius 1 is 0.944 bits per heavy atom. The molecule has 90 valence electrons. The predicted octanol–water partition coefficient (Wildman–Crippen LogP) is 5.76. The Kier molecular flexibility index (Phi) is 3.08. The van der Waals surface area contributed by atoms with Gasteiger partial charge >= 0.3 is 0 Å². The molecule has 2 aromatic rings. The van der Waals surface area contributed by atoms with Gasteiger partial charge in [0.2, 0.25) is 0 Å². The first-order valence-electron chi connectivity index (χ1n) is 5.91. The number of hydrogen-bond donors (Lipinski definition) is 0. The fourth-order valence-corrected chi connectivity index (χ4v) is 3.78. The molecule has 0 fully saturated rings. The van der Waals surface area contributed by atoms with Crippen LogP contribution in [-0.2, 0) is 0 Å². The maximum atomic E-state index is 3.58. The Morgan fingerprint density at radius 3 is 2.44 bits per heavy atom. The van der Waals surface area contributed by atoms with Crippen molar-refractivity contribution in [3.8, 4) is 0 Å². The molecular weight excluding hydrogens is 304 g/mol. The molecule has 0 saturated heterocycles. The molecule has 0 nitrogen and oxygen atoms in total. The van der Waals surface area contributed by atoms with Crippen LogP contribution in [0.4, 0.5) is 0 Å². The van der Waals surface area contributed by atoms with Gasteiger partial charge in [0.1, 0.15) is 0 Å². The van der Waals surface area contributed by atoms with Crippen molar-refractivity contribution >= 4 is 33.3 Å². The fourth-order valence-electron chi connectivity index (χ4n) is 2.35. The van der Waals surface area contributed by atoms with Crippen LogP contribution in [0.2, 0.25) is 0 Å². The topological polar surface area (TPSA) is 0 Å². The highest BCUT2D eigenvalue weighted by atomic mass is 79.9. The molecule has 18 heavy (non-hydrogen) atoms. The van der Waals surface area contributed by atoms with Crippen LogP contribution in [0.15, 0.2) is 62.3 Å². The van der Waals surface area contributed by atoms with E-state index >= 15 is 0 Å². The zero-order valence-corrected chi connectivity index (χ0v) is 12.7. The summed E-state index contributed by atoms with van der Waals surface area (Å²) in [6, 6.07) is 15.2. The molecule has 0 aromatic heterocycles. The maximum Gasteiger partial charge on any atom is 0.0202 e. The Morgan fingerprint density at radius 2 is 1.67 bits per heavy atom. The molecule has 0 saturated carbocycles. The molecule has 1 heterocycles. The van der Waals surface area contributed by atoms with E-state index in [1.54, 1.807) is 0 Å². The summed E-state index contributed by atoms with van der Waals surface area (Å²) in [6.45, 7) is 4.37. The van der Waals surface area contributed by atoms with E-state index in [0.29, 0.717) is 0 Å². The molecule has 0 bridgehead atoms. The molecule has 0 amide bonds. The van der Waals surface area contributed by atoms with Crippen molar-refractivity contribution in [3.63, 3.8) is 0 Å². The van der Waals surface area contributed by atoms with Crippen LogP contribution in [0.5, 0.6) is 0 Å². The van der Waals surface area contributed by atoms with Gasteiger partial charge in [0.05, 0.1) is 0 Å². The lowest BCUT2D eigenvalue weighted by Gasteiger charge is -2.23. The predicted molar refractivity (Wildman–Crippen MR) is 82.1 cm³/mol. The van der Waals surface area contributed by atoms with Crippen molar-refractivity contribution in [2.75, 3.05) is 0 Å². The van der Waals surface area contributed by atoms with Crippen molar-refractivity contribution in [1.82, 2.24) is 0 Å². The first-order chi connectivity index (χ1) is 8.66. The zero-order chi connectivity index (χ0) is 12.7. The minimum atomic E-state index is 1.14. The van der Waals surface area contributed by atoms with Crippen molar-refractivity contribution in [3.05, 3.63) is 63.6 Å². The third-order valence-corrected chi connectivity index (χ3v) is 4.73. The Hall–Kier alpha value is -0.990. The zero-order valence-electron chi connectivity index (χ0n) is 10.3. The van der Waals surface area contributed by atoms with Crippen LogP contribution >= 0.6 is 27.7 Å². The Bertz CT molecular complexity index is 652. The number of fused-ring (bicyclic) bond motifs is 2. The van der Waals surface area contributed by atoms with Crippen LogP contribution in [0, 0.1) is 0 Å². The average Bonchev–Trinajstić information content (AvgIpc) is 2.35. The first-order valence-corrected chi connectivity index (χ1v) is 7.52. The van der Waals surface area contributed by atoms with E-state index in [1.807, 2.05) is 11.8 Å². The van der Waals surface area contributed by atoms with Crippen LogP contribution in [0.1, 0.15) is 25.0 Å². The van der Waals surface area contributed by atoms with Crippen molar-refractivity contribution in [1.29, 1.82) is 0 Å². The van der Waals surface area contributed by atoms with Gasteiger partial charge in [-0.1, -0.05) is 51.5 Å². The minimum Gasteiger partial charge on any atom is -0.0888 e. The quantitative estimate of drug-likeness (QED) is 0.508. The summed E-state index contributed by atoms with van der Waals surface area (Å²) >= 11 is 5.43. The number of rotatable bonds is 0. The van der Waals surface area contributed by atoms with Crippen molar-refractivity contribution < 1.29 is 0 Å². The lowest BCUT2D eigenvalue weighted by atomic mass is 9.93. The third-order valence-electron chi connectivity index (χ3n) is 3.09. The van der Waals surface area contributed by atoms with E-state index in [4.69, 9.17) is 0 Å². The molecule has 0 spiro atoms. The highest BCUT2D eigenvalue weighted by Crippen LogP contribution is 2.46. The summed E-state index contributed by atoms with van der Waals surface area (Å²) in [5.74, 6) is 0. The lowest BCUT2D eigenvalue weighted by Crippen LogP contribution is -2.00. The molecular formula is C16H13BrS. The van der Waals surface area contributed by atoms with Gasteiger partial charge in [-0.15, -0.1) is 0 Å². The second kappa shape index (κ2) is 4.60. The van der Waals surface area contributed by atoms with Gasteiger partial charge in [0.15, 0.2) is 0 Å². The van der Waals surface area contributed by atoms with E-state index in [2.05, 4.69) is 72.2 Å². The minimum absolute atomic E-state index is 1.14. The van der Waals surface area contributed by atoms with E-state index in [0.717, 1.165) is 4.47 Å². The van der Waals surface area contributed by atoms with Gasteiger partial charge < -0.3 is 0 Å².